The molecule has 1 amide bonds. The highest BCUT2D eigenvalue weighted by atomic mass is 32.2. The van der Waals surface area contributed by atoms with Crippen LogP contribution in [0.25, 0.3) is 0 Å². The van der Waals surface area contributed by atoms with Crippen LogP contribution in [0.5, 0.6) is 0 Å². The number of nitrogens with one attached hydrogen (secondary N) is 2. The minimum atomic E-state index is -3.74. The van der Waals surface area contributed by atoms with Crippen molar-refractivity contribution in [1.82, 2.24) is 5.32 Å². The van der Waals surface area contributed by atoms with Crippen molar-refractivity contribution in [2.45, 2.75) is 6.04 Å². The van der Waals surface area contributed by atoms with Crippen molar-refractivity contribution in [3.05, 3.63) is 29.6 Å². The van der Waals surface area contributed by atoms with Crippen LogP contribution in [0.1, 0.15) is 10.4 Å². The van der Waals surface area contributed by atoms with Crippen LogP contribution in [0.3, 0.4) is 0 Å². The molecule has 0 bridgehead atoms. The summed E-state index contributed by atoms with van der Waals surface area (Å²) in [5.74, 6) is -3.57. The number of sulfonamides is 1. The topological polar surface area (TPSA) is 113 Å². The molecular formula is C11H12F2N2O5S. The Morgan fingerprint density at radius 3 is 2.48 bits per heavy atom. The van der Waals surface area contributed by atoms with Crippen LogP contribution < -0.4 is 10.0 Å². The Balaban J connectivity index is 3.13. The number of benzene rings is 1. The summed E-state index contributed by atoms with van der Waals surface area (Å²) in [5, 5.41) is 10.5. The first-order valence-electron chi connectivity index (χ1n) is 5.51. The van der Waals surface area contributed by atoms with E-state index in [0.29, 0.717) is 6.07 Å². The highest BCUT2D eigenvalue weighted by molar-refractivity contribution is 7.92. The number of alkyl halides is 1. The molecule has 3 N–H and O–H groups in total. The van der Waals surface area contributed by atoms with Crippen LogP contribution in [0, 0.1) is 5.82 Å². The van der Waals surface area contributed by atoms with E-state index in [9.17, 15) is 26.8 Å². The fraction of sp³-hybridized carbons (Fsp3) is 0.273. The number of carboxylic acids is 1. The third-order valence-corrected chi connectivity index (χ3v) is 2.87. The van der Waals surface area contributed by atoms with Gasteiger partial charge in [-0.05, 0) is 18.2 Å². The average Bonchev–Trinajstić information content (AvgIpc) is 2.35. The number of carbonyl (C=O) groups excluding carboxylic acids is 1. The molecule has 0 fully saturated rings. The molecule has 116 valence electrons. The second kappa shape index (κ2) is 6.48. The van der Waals surface area contributed by atoms with Gasteiger partial charge >= 0.3 is 5.97 Å². The highest BCUT2D eigenvalue weighted by Crippen LogP contribution is 2.18. The van der Waals surface area contributed by atoms with E-state index in [1.165, 1.54) is 0 Å². The molecule has 10 heteroatoms. The van der Waals surface area contributed by atoms with Gasteiger partial charge in [0.2, 0.25) is 10.0 Å². The lowest BCUT2D eigenvalue weighted by molar-refractivity contribution is -0.139. The van der Waals surface area contributed by atoms with Crippen LogP contribution in [0.15, 0.2) is 18.2 Å². The van der Waals surface area contributed by atoms with Crippen LogP contribution in [-0.4, -0.2) is 44.4 Å². The largest absolute Gasteiger partial charge is 0.480 e. The monoisotopic (exact) mass is 322 g/mol. The molecule has 0 saturated carbocycles. The van der Waals surface area contributed by atoms with Gasteiger partial charge < -0.3 is 10.4 Å². The maximum Gasteiger partial charge on any atom is 0.328 e. The van der Waals surface area contributed by atoms with Crippen LogP contribution >= 0.6 is 0 Å². The minimum Gasteiger partial charge on any atom is -0.480 e. The first kappa shape index (κ1) is 16.8. The molecule has 0 heterocycles. The van der Waals surface area contributed by atoms with E-state index in [0.717, 1.165) is 18.4 Å². The molecule has 1 unspecified atom stereocenters. The summed E-state index contributed by atoms with van der Waals surface area (Å²) in [6.07, 6.45) is 0.819. The van der Waals surface area contributed by atoms with Gasteiger partial charge in [-0.3, -0.25) is 9.52 Å². The standard InChI is InChI=1S/C11H12F2N2O5S/c1-21(19,20)15-8-3-2-6(13)4-7(8)10(16)14-9(5-12)11(17)18/h2-4,9,15H,5H2,1H3,(H,14,16)(H,17,18). The molecule has 0 aliphatic carbocycles. The fourth-order valence-corrected chi connectivity index (χ4v) is 1.97. The molecule has 1 aromatic carbocycles. The lowest BCUT2D eigenvalue weighted by Crippen LogP contribution is -2.42. The Bertz CT molecular complexity index is 663. The number of anilines is 1. The second-order valence-electron chi connectivity index (χ2n) is 4.08. The first-order valence-corrected chi connectivity index (χ1v) is 7.40. The van der Waals surface area contributed by atoms with Crippen molar-refractivity contribution >= 4 is 27.6 Å². The van der Waals surface area contributed by atoms with Crippen molar-refractivity contribution in [3.8, 4) is 0 Å². The summed E-state index contributed by atoms with van der Waals surface area (Å²) < 4.78 is 49.9. The van der Waals surface area contributed by atoms with E-state index in [2.05, 4.69) is 0 Å². The van der Waals surface area contributed by atoms with E-state index in [1.807, 2.05) is 10.0 Å². The van der Waals surface area contributed by atoms with Gasteiger partial charge in [-0.1, -0.05) is 0 Å². The number of aliphatic carboxylic acids is 1. The van der Waals surface area contributed by atoms with Gasteiger partial charge in [0, 0.05) is 0 Å². The second-order valence-corrected chi connectivity index (χ2v) is 5.83. The molecule has 7 nitrogen and oxygen atoms in total. The third kappa shape index (κ3) is 4.99. The smallest absolute Gasteiger partial charge is 0.328 e. The quantitative estimate of drug-likeness (QED) is 0.699. The van der Waals surface area contributed by atoms with Gasteiger partial charge in [0.1, 0.15) is 12.5 Å². The molecule has 0 aliphatic heterocycles. The summed E-state index contributed by atoms with van der Waals surface area (Å²) >= 11 is 0. The third-order valence-electron chi connectivity index (χ3n) is 2.28. The van der Waals surface area contributed by atoms with Crippen LogP contribution in [-0.2, 0) is 14.8 Å². The molecule has 0 radical (unpaired) electrons. The van der Waals surface area contributed by atoms with Gasteiger partial charge in [0.15, 0.2) is 6.04 Å². The van der Waals surface area contributed by atoms with E-state index >= 15 is 0 Å². The first-order chi connectivity index (χ1) is 9.64. The number of carbonyl (C=O) groups is 2. The van der Waals surface area contributed by atoms with Gasteiger partial charge in [-0.25, -0.2) is 22.0 Å². The van der Waals surface area contributed by atoms with Crippen molar-refractivity contribution in [2.24, 2.45) is 0 Å². The van der Waals surface area contributed by atoms with E-state index in [4.69, 9.17) is 5.11 Å². The zero-order valence-corrected chi connectivity index (χ0v) is 11.6. The maximum absolute atomic E-state index is 13.2. The number of rotatable bonds is 6. The fourth-order valence-electron chi connectivity index (χ4n) is 1.40. The summed E-state index contributed by atoms with van der Waals surface area (Å²) in [6.45, 7) is -1.37. The number of hydrogen-bond donors (Lipinski definition) is 3. The Morgan fingerprint density at radius 2 is 2.00 bits per heavy atom. The number of hydrogen-bond acceptors (Lipinski definition) is 4. The van der Waals surface area contributed by atoms with Crippen molar-refractivity contribution in [3.63, 3.8) is 0 Å². The summed E-state index contributed by atoms with van der Waals surface area (Å²) in [6, 6.07) is 0.803. The number of carboxylic acid groups (broad SMARTS) is 1. The maximum atomic E-state index is 13.2. The number of amides is 1. The predicted octanol–water partition coefficient (Wildman–Crippen LogP) is 0.350. The molecule has 1 atom stereocenters. The Labute approximate surface area is 119 Å². The van der Waals surface area contributed by atoms with Gasteiger partial charge in [0.05, 0.1) is 17.5 Å². The molecule has 1 rings (SSSR count). The van der Waals surface area contributed by atoms with Gasteiger partial charge in [0.25, 0.3) is 5.91 Å². The summed E-state index contributed by atoms with van der Waals surface area (Å²) in [7, 11) is -3.74. The normalized spacial score (nSPS) is 12.5. The predicted molar refractivity (Wildman–Crippen MR) is 69.7 cm³/mol. The minimum absolute atomic E-state index is 0.251. The Kier molecular flexibility index (Phi) is 5.19. The van der Waals surface area contributed by atoms with Crippen molar-refractivity contribution in [1.29, 1.82) is 0 Å². The van der Waals surface area contributed by atoms with Crippen LogP contribution in [0.4, 0.5) is 14.5 Å². The zero-order chi connectivity index (χ0) is 16.2. The molecular weight excluding hydrogens is 310 g/mol. The molecule has 0 aromatic heterocycles. The summed E-state index contributed by atoms with van der Waals surface area (Å²) in [5.41, 5.74) is -0.709. The summed E-state index contributed by atoms with van der Waals surface area (Å²) in [4.78, 5) is 22.5. The molecule has 0 saturated heterocycles. The van der Waals surface area contributed by atoms with Crippen molar-refractivity contribution in [2.75, 3.05) is 17.7 Å². The molecule has 1 aromatic rings. The van der Waals surface area contributed by atoms with Crippen LogP contribution in [0.2, 0.25) is 0 Å². The lowest BCUT2D eigenvalue weighted by Gasteiger charge is -2.14. The van der Waals surface area contributed by atoms with Gasteiger partial charge in [-0.15, -0.1) is 0 Å². The molecule has 21 heavy (non-hydrogen) atoms. The number of halogens is 2. The van der Waals surface area contributed by atoms with Crippen molar-refractivity contribution < 1.29 is 31.9 Å². The zero-order valence-electron chi connectivity index (χ0n) is 10.8. The SMILES string of the molecule is CS(=O)(=O)Nc1ccc(F)cc1C(=O)NC(CF)C(=O)O. The average molecular weight is 322 g/mol. The molecule has 0 aliphatic rings. The van der Waals surface area contributed by atoms with E-state index < -0.39 is 46.0 Å². The van der Waals surface area contributed by atoms with E-state index in [1.54, 1.807) is 0 Å². The highest BCUT2D eigenvalue weighted by Gasteiger charge is 2.23. The Morgan fingerprint density at radius 1 is 1.38 bits per heavy atom. The van der Waals surface area contributed by atoms with Gasteiger partial charge in [-0.2, -0.15) is 0 Å². The molecule has 0 spiro atoms. The Hall–Kier alpha value is -2.23. The van der Waals surface area contributed by atoms with E-state index in [-0.39, 0.29) is 5.69 Å². The lowest BCUT2D eigenvalue weighted by atomic mass is 10.1.